The number of halogens is 1. The van der Waals surface area contributed by atoms with Gasteiger partial charge in [-0.05, 0) is 57.5 Å². The Morgan fingerprint density at radius 3 is 2.36 bits per heavy atom. The Balaban J connectivity index is 1.62. The number of aromatic nitrogens is 2. The zero-order chi connectivity index (χ0) is 20.3. The molecular formula is C21H22FN3O2S. The summed E-state index contributed by atoms with van der Waals surface area (Å²) in [5.41, 5.74) is 3.93. The second-order valence-electron chi connectivity index (χ2n) is 6.79. The van der Waals surface area contributed by atoms with E-state index in [-0.39, 0.29) is 17.8 Å². The topological polar surface area (TPSA) is 68.0 Å². The van der Waals surface area contributed by atoms with Gasteiger partial charge in [-0.1, -0.05) is 41.1 Å². The fraction of sp³-hybridized carbons (Fsp3) is 0.286. The summed E-state index contributed by atoms with van der Waals surface area (Å²) >= 11 is 1.20. The largest absolute Gasteiger partial charge is 0.411 e. The maximum Gasteiger partial charge on any atom is 0.277 e. The van der Waals surface area contributed by atoms with E-state index in [1.165, 1.54) is 23.9 Å². The molecule has 1 aromatic heterocycles. The third kappa shape index (κ3) is 4.98. The number of benzene rings is 2. The average molecular weight is 399 g/mol. The van der Waals surface area contributed by atoms with E-state index in [1.54, 1.807) is 19.1 Å². The van der Waals surface area contributed by atoms with Gasteiger partial charge in [0.05, 0.1) is 11.3 Å². The minimum atomic E-state index is -0.421. The van der Waals surface area contributed by atoms with E-state index < -0.39 is 5.25 Å². The first-order chi connectivity index (χ1) is 13.3. The Kier molecular flexibility index (Phi) is 6.14. The third-order valence-corrected chi connectivity index (χ3v) is 5.18. The Hall–Kier alpha value is -2.67. The number of nitrogens with one attached hydrogen (secondary N) is 1. The number of carbonyl (C=O) groups excluding carboxylic acids is 1. The molecule has 0 aliphatic heterocycles. The van der Waals surface area contributed by atoms with Crippen molar-refractivity contribution in [2.45, 2.75) is 44.2 Å². The van der Waals surface area contributed by atoms with E-state index in [0.717, 1.165) is 22.3 Å². The van der Waals surface area contributed by atoms with Crippen molar-refractivity contribution in [3.05, 3.63) is 65.0 Å². The highest BCUT2D eigenvalue weighted by Gasteiger charge is 2.20. The lowest BCUT2D eigenvalue weighted by atomic mass is 10.1. The van der Waals surface area contributed by atoms with Crippen LogP contribution in [0.2, 0.25) is 0 Å². The molecule has 1 amide bonds. The Labute approximate surface area is 167 Å². The van der Waals surface area contributed by atoms with Crippen molar-refractivity contribution in [2.24, 2.45) is 0 Å². The molecule has 0 fully saturated rings. The van der Waals surface area contributed by atoms with Crippen LogP contribution in [0, 0.1) is 19.7 Å². The molecule has 0 saturated carbocycles. The Bertz CT molecular complexity index is 952. The Morgan fingerprint density at radius 2 is 1.71 bits per heavy atom. The van der Waals surface area contributed by atoms with Crippen LogP contribution in [0.4, 0.5) is 4.39 Å². The van der Waals surface area contributed by atoms with Crippen molar-refractivity contribution in [1.82, 2.24) is 15.5 Å². The highest BCUT2D eigenvalue weighted by Crippen LogP contribution is 2.27. The first kappa shape index (κ1) is 20.1. The van der Waals surface area contributed by atoms with Gasteiger partial charge in [0, 0.05) is 5.56 Å². The van der Waals surface area contributed by atoms with E-state index in [2.05, 4.69) is 21.6 Å². The number of hydrogen-bond donors (Lipinski definition) is 1. The number of hydrogen-bond acceptors (Lipinski definition) is 5. The second kappa shape index (κ2) is 8.56. The van der Waals surface area contributed by atoms with E-state index in [9.17, 15) is 9.18 Å². The zero-order valence-electron chi connectivity index (χ0n) is 16.2. The van der Waals surface area contributed by atoms with Crippen LogP contribution in [0.3, 0.4) is 0 Å². The van der Waals surface area contributed by atoms with Crippen molar-refractivity contribution in [3.8, 4) is 11.5 Å². The van der Waals surface area contributed by atoms with Crippen LogP contribution in [0.25, 0.3) is 11.5 Å². The second-order valence-corrected chi connectivity index (χ2v) is 8.08. The van der Waals surface area contributed by atoms with Gasteiger partial charge < -0.3 is 9.73 Å². The summed E-state index contributed by atoms with van der Waals surface area (Å²) in [5, 5.41) is 11.0. The lowest BCUT2D eigenvalue weighted by Gasteiger charge is -2.16. The van der Waals surface area contributed by atoms with E-state index in [0.29, 0.717) is 11.1 Å². The molecule has 2 aromatic carbocycles. The highest BCUT2D eigenvalue weighted by molar-refractivity contribution is 8.00. The van der Waals surface area contributed by atoms with E-state index in [4.69, 9.17) is 4.42 Å². The van der Waals surface area contributed by atoms with Gasteiger partial charge in [0.25, 0.3) is 5.22 Å². The van der Waals surface area contributed by atoms with Gasteiger partial charge in [0.2, 0.25) is 11.8 Å². The van der Waals surface area contributed by atoms with Crippen molar-refractivity contribution in [3.63, 3.8) is 0 Å². The minimum absolute atomic E-state index is 0.159. The maximum absolute atomic E-state index is 13.0. The number of amides is 1. The van der Waals surface area contributed by atoms with Gasteiger partial charge in [-0.15, -0.1) is 10.2 Å². The van der Waals surface area contributed by atoms with Crippen LogP contribution in [0.15, 0.2) is 52.1 Å². The summed E-state index contributed by atoms with van der Waals surface area (Å²) in [4.78, 5) is 12.5. The number of rotatable bonds is 6. The zero-order valence-corrected chi connectivity index (χ0v) is 17.0. The molecule has 3 aromatic rings. The molecular weight excluding hydrogens is 377 g/mol. The van der Waals surface area contributed by atoms with Gasteiger partial charge in [0.15, 0.2) is 0 Å². The molecule has 0 aliphatic rings. The lowest BCUT2D eigenvalue weighted by Crippen LogP contribution is -2.33. The monoisotopic (exact) mass is 399 g/mol. The Morgan fingerprint density at radius 1 is 1.07 bits per heavy atom. The summed E-state index contributed by atoms with van der Waals surface area (Å²) in [6.07, 6.45) is 0. The first-order valence-electron chi connectivity index (χ1n) is 8.96. The van der Waals surface area contributed by atoms with Crippen LogP contribution in [-0.2, 0) is 4.79 Å². The molecule has 1 N–H and O–H groups in total. The fourth-order valence-corrected chi connectivity index (χ4v) is 3.54. The molecule has 0 aliphatic carbocycles. The van der Waals surface area contributed by atoms with Crippen LogP contribution in [0.5, 0.6) is 0 Å². The van der Waals surface area contributed by atoms with Gasteiger partial charge in [-0.25, -0.2) is 4.39 Å². The molecule has 5 nitrogen and oxygen atoms in total. The summed E-state index contributed by atoms with van der Waals surface area (Å²) in [5.74, 6) is -0.0308. The maximum atomic E-state index is 13.0. The molecule has 0 spiro atoms. The fourth-order valence-electron chi connectivity index (χ4n) is 2.84. The molecule has 146 valence electrons. The SMILES string of the molecule is Cc1cc(C)cc(-c2nnc(S[C@H](C)C(=O)N[C@@H](C)c3ccc(F)cc3)o2)c1. The van der Waals surface area contributed by atoms with Crippen LogP contribution in [0.1, 0.15) is 36.6 Å². The molecule has 1 heterocycles. The average Bonchev–Trinajstić information content (AvgIpc) is 3.10. The summed E-state index contributed by atoms with van der Waals surface area (Å²) in [7, 11) is 0. The summed E-state index contributed by atoms with van der Waals surface area (Å²) < 4.78 is 18.8. The molecule has 0 unspecified atom stereocenters. The van der Waals surface area contributed by atoms with Crippen molar-refractivity contribution >= 4 is 17.7 Å². The molecule has 3 rings (SSSR count). The number of carbonyl (C=O) groups is 1. The molecule has 0 saturated heterocycles. The van der Waals surface area contributed by atoms with Crippen LogP contribution < -0.4 is 5.32 Å². The smallest absolute Gasteiger partial charge is 0.277 e. The predicted octanol–water partition coefficient (Wildman–Crippen LogP) is 4.85. The first-order valence-corrected chi connectivity index (χ1v) is 9.84. The molecule has 28 heavy (non-hydrogen) atoms. The molecule has 0 bridgehead atoms. The molecule has 7 heteroatoms. The number of nitrogens with zero attached hydrogens (tertiary/aromatic N) is 2. The van der Waals surface area contributed by atoms with E-state index >= 15 is 0 Å². The van der Waals surface area contributed by atoms with Crippen LogP contribution >= 0.6 is 11.8 Å². The van der Waals surface area contributed by atoms with Gasteiger partial charge in [-0.2, -0.15) is 0 Å². The van der Waals surface area contributed by atoms with E-state index in [1.807, 2.05) is 32.9 Å². The highest BCUT2D eigenvalue weighted by atomic mass is 32.2. The predicted molar refractivity (Wildman–Crippen MR) is 107 cm³/mol. The van der Waals surface area contributed by atoms with Crippen molar-refractivity contribution in [1.29, 1.82) is 0 Å². The number of thioether (sulfide) groups is 1. The van der Waals surface area contributed by atoms with Gasteiger partial charge >= 0.3 is 0 Å². The lowest BCUT2D eigenvalue weighted by molar-refractivity contribution is -0.120. The van der Waals surface area contributed by atoms with Crippen molar-refractivity contribution in [2.75, 3.05) is 0 Å². The quantitative estimate of drug-likeness (QED) is 0.600. The number of aryl methyl sites for hydroxylation is 2. The molecule has 2 atom stereocenters. The third-order valence-electron chi connectivity index (χ3n) is 4.25. The summed E-state index contributed by atoms with van der Waals surface area (Å²) in [6.45, 7) is 7.65. The molecule has 0 radical (unpaired) electrons. The standard InChI is InChI=1S/C21H22FN3O2S/c1-12-9-13(2)11-17(10-12)20-24-25-21(27-20)28-15(4)19(26)23-14(3)16-5-7-18(22)8-6-16/h5-11,14-15H,1-4H3,(H,23,26)/t14-,15+/m0/s1. The minimum Gasteiger partial charge on any atom is -0.411 e. The van der Waals surface area contributed by atoms with Crippen LogP contribution in [-0.4, -0.2) is 21.4 Å². The van der Waals surface area contributed by atoms with Gasteiger partial charge in [0.1, 0.15) is 5.82 Å². The normalized spacial score (nSPS) is 13.2. The van der Waals surface area contributed by atoms with Crippen molar-refractivity contribution < 1.29 is 13.6 Å². The summed E-state index contributed by atoms with van der Waals surface area (Å²) in [6, 6.07) is 11.9. The van der Waals surface area contributed by atoms with Gasteiger partial charge in [-0.3, -0.25) is 4.79 Å².